The molecule has 0 bridgehead atoms. The van der Waals surface area contributed by atoms with E-state index in [1.54, 1.807) is 29.5 Å². The Labute approximate surface area is 218 Å². The molecule has 0 saturated heterocycles. The van der Waals surface area contributed by atoms with E-state index < -0.39 is 6.09 Å². The van der Waals surface area contributed by atoms with E-state index in [0.29, 0.717) is 49.2 Å². The van der Waals surface area contributed by atoms with Crippen molar-refractivity contribution in [3.8, 4) is 0 Å². The van der Waals surface area contributed by atoms with Gasteiger partial charge in [0.15, 0.2) is 5.16 Å². The first-order valence-electron chi connectivity index (χ1n) is 11.5. The van der Waals surface area contributed by atoms with E-state index in [0.717, 1.165) is 16.1 Å². The molecule has 2 aromatic heterocycles. The number of carboxylic acid groups (broad SMARTS) is 1. The van der Waals surface area contributed by atoms with Gasteiger partial charge in [0, 0.05) is 50.5 Å². The molecule has 2 amide bonds. The van der Waals surface area contributed by atoms with Crippen LogP contribution in [0.15, 0.2) is 53.1 Å². The van der Waals surface area contributed by atoms with E-state index in [4.69, 9.17) is 4.74 Å². The highest BCUT2D eigenvalue weighted by molar-refractivity contribution is 7.98. The molecule has 11 heteroatoms. The molecule has 0 saturated carbocycles. The molecule has 0 unspecified atom stereocenters. The third-order valence-corrected chi connectivity index (χ3v) is 7.54. The number of hydrogen-bond acceptors (Lipinski definition) is 8. The predicted octanol–water partition coefficient (Wildman–Crippen LogP) is 4.61. The number of ether oxygens (including phenoxy) is 1. The van der Waals surface area contributed by atoms with Crippen LogP contribution in [-0.2, 0) is 11.3 Å². The molecule has 0 radical (unpaired) electrons. The van der Waals surface area contributed by atoms with Crippen LogP contribution in [0, 0.1) is 0 Å². The van der Waals surface area contributed by atoms with Crippen LogP contribution in [0.1, 0.15) is 33.3 Å². The van der Waals surface area contributed by atoms with Gasteiger partial charge in [-0.15, -0.1) is 11.3 Å². The maximum atomic E-state index is 13.4. The first-order valence-corrected chi connectivity index (χ1v) is 13.6. The second-order valence-corrected chi connectivity index (χ2v) is 10.2. The number of likely N-dealkylation sites (N-methyl/N-ethyl adjacent to an activating group) is 1. The topological polar surface area (TPSA) is 99.1 Å². The minimum absolute atomic E-state index is 0.131. The van der Waals surface area contributed by atoms with Crippen molar-refractivity contribution in [3.05, 3.63) is 64.0 Å². The van der Waals surface area contributed by atoms with Gasteiger partial charge in [0.1, 0.15) is 11.4 Å². The summed E-state index contributed by atoms with van der Waals surface area (Å²) < 4.78 is 6.25. The lowest BCUT2D eigenvalue weighted by Gasteiger charge is -2.23. The zero-order chi connectivity index (χ0) is 25.7. The first-order chi connectivity index (χ1) is 17.4. The summed E-state index contributed by atoms with van der Waals surface area (Å²) in [5.74, 6) is 0.514. The van der Waals surface area contributed by atoms with Crippen molar-refractivity contribution in [3.63, 3.8) is 0 Å². The molecule has 3 heterocycles. The van der Waals surface area contributed by atoms with E-state index >= 15 is 0 Å². The number of aromatic nitrogens is 2. The highest BCUT2D eigenvalue weighted by atomic mass is 32.2. The van der Waals surface area contributed by atoms with Gasteiger partial charge in [0.05, 0.1) is 12.7 Å². The number of anilines is 2. The van der Waals surface area contributed by atoms with Gasteiger partial charge in [-0.05, 0) is 41.8 Å². The Morgan fingerprint density at radius 1 is 1.31 bits per heavy atom. The SMILES string of the molecule is CSc1ncc2c(n1)N(C)CCN(c1cccc(CO[C@@H](CCN(C)C(=O)O)c3cccs3)c1)C2=O. The molecular weight excluding hydrogens is 498 g/mol. The van der Waals surface area contributed by atoms with Gasteiger partial charge in [-0.25, -0.2) is 14.8 Å². The van der Waals surface area contributed by atoms with Crippen LogP contribution in [-0.4, -0.2) is 72.0 Å². The fourth-order valence-corrected chi connectivity index (χ4v) is 5.09. The van der Waals surface area contributed by atoms with E-state index in [-0.39, 0.29) is 12.0 Å². The maximum Gasteiger partial charge on any atom is 0.407 e. The van der Waals surface area contributed by atoms with E-state index in [2.05, 4.69) is 9.97 Å². The fourth-order valence-electron chi connectivity index (χ4n) is 3.95. The minimum Gasteiger partial charge on any atom is -0.465 e. The van der Waals surface area contributed by atoms with Gasteiger partial charge in [0.25, 0.3) is 5.91 Å². The smallest absolute Gasteiger partial charge is 0.407 e. The highest BCUT2D eigenvalue weighted by Gasteiger charge is 2.28. The van der Waals surface area contributed by atoms with Gasteiger partial charge in [-0.2, -0.15) is 0 Å². The quantitative estimate of drug-likeness (QED) is 0.318. The summed E-state index contributed by atoms with van der Waals surface area (Å²) in [4.78, 5) is 39.6. The van der Waals surface area contributed by atoms with Crippen molar-refractivity contribution in [1.29, 1.82) is 0 Å². The van der Waals surface area contributed by atoms with Crippen LogP contribution in [0.3, 0.4) is 0 Å². The molecule has 1 N–H and O–H groups in total. The molecule has 190 valence electrons. The van der Waals surface area contributed by atoms with Crippen molar-refractivity contribution in [1.82, 2.24) is 14.9 Å². The lowest BCUT2D eigenvalue weighted by atomic mass is 10.1. The van der Waals surface area contributed by atoms with E-state index in [1.807, 2.05) is 60.0 Å². The fraction of sp³-hybridized carbons (Fsp3) is 0.360. The summed E-state index contributed by atoms with van der Waals surface area (Å²) >= 11 is 3.03. The number of thioether (sulfide) groups is 1. The Balaban J connectivity index is 1.50. The van der Waals surface area contributed by atoms with Gasteiger partial charge in [0.2, 0.25) is 0 Å². The number of thiophene rings is 1. The van der Waals surface area contributed by atoms with Crippen LogP contribution >= 0.6 is 23.1 Å². The van der Waals surface area contributed by atoms with Crippen LogP contribution in [0.25, 0.3) is 0 Å². The van der Waals surface area contributed by atoms with E-state index in [9.17, 15) is 14.7 Å². The van der Waals surface area contributed by atoms with Crippen molar-refractivity contribution < 1.29 is 19.4 Å². The molecule has 1 aromatic carbocycles. The molecule has 0 fully saturated rings. The summed E-state index contributed by atoms with van der Waals surface area (Å²) in [5, 5.41) is 11.8. The monoisotopic (exact) mass is 527 g/mol. The molecule has 36 heavy (non-hydrogen) atoms. The van der Waals surface area contributed by atoms with E-state index in [1.165, 1.54) is 16.7 Å². The second kappa shape index (κ2) is 11.7. The van der Waals surface area contributed by atoms with Crippen molar-refractivity contribution in [2.24, 2.45) is 0 Å². The largest absolute Gasteiger partial charge is 0.465 e. The summed E-state index contributed by atoms with van der Waals surface area (Å²) in [6.45, 7) is 1.87. The number of rotatable bonds is 9. The third-order valence-electron chi connectivity index (χ3n) is 6.01. The molecule has 0 aliphatic carbocycles. The van der Waals surface area contributed by atoms with Crippen LogP contribution in [0.2, 0.25) is 0 Å². The zero-order valence-corrected chi connectivity index (χ0v) is 22.1. The number of hydrogen-bond donors (Lipinski definition) is 1. The average molecular weight is 528 g/mol. The summed E-state index contributed by atoms with van der Waals surface area (Å²) in [6.07, 6.45) is 2.89. The minimum atomic E-state index is -0.961. The Kier molecular flexibility index (Phi) is 8.44. The Morgan fingerprint density at radius 2 is 2.14 bits per heavy atom. The second-order valence-electron chi connectivity index (χ2n) is 8.45. The van der Waals surface area contributed by atoms with Crippen molar-refractivity contribution in [2.45, 2.75) is 24.3 Å². The van der Waals surface area contributed by atoms with Crippen molar-refractivity contribution >= 4 is 46.6 Å². The molecule has 1 aliphatic heterocycles. The Hall–Kier alpha value is -3.15. The maximum absolute atomic E-state index is 13.4. The number of fused-ring (bicyclic) bond motifs is 1. The Bertz CT molecular complexity index is 1210. The number of carbonyl (C=O) groups is 2. The molecule has 9 nitrogen and oxygen atoms in total. The molecule has 1 atom stereocenters. The number of amides is 2. The summed E-state index contributed by atoms with van der Waals surface area (Å²) in [6, 6.07) is 11.7. The van der Waals surface area contributed by atoms with Gasteiger partial charge in [-0.1, -0.05) is 30.0 Å². The predicted molar refractivity (Wildman–Crippen MR) is 142 cm³/mol. The van der Waals surface area contributed by atoms with Gasteiger partial charge < -0.3 is 24.5 Å². The zero-order valence-electron chi connectivity index (χ0n) is 20.5. The Morgan fingerprint density at radius 3 is 2.86 bits per heavy atom. The van der Waals surface area contributed by atoms with Gasteiger partial charge >= 0.3 is 6.09 Å². The van der Waals surface area contributed by atoms with Crippen molar-refractivity contribution in [2.75, 3.05) is 49.8 Å². The molecule has 1 aliphatic rings. The number of carbonyl (C=O) groups excluding carboxylic acids is 1. The molecule has 3 aromatic rings. The molecular formula is C25H29N5O4S2. The molecule has 4 rings (SSSR count). The standard InChI is InChI=1S/C25H29N5O4S2/c1-28-11-12-30(23(31)19-15-26-24(35-3)27-22(19)28)18-7-4-6-17(14-18)16-34-20(21-8-5-13-36-21)9-10-29(2)25(32)33/h4-8,13-15,20H,9-12,16H2,1-3H3,(H,32,33)/t20-/m0/s1. The van der Waals surface area contributed by atoms with Crippen LogP contribution in [0.4, 0.5) is 16.3 Å². The van der Waals surface area contributed by atoms with Crippen LogP contribution < -0.4 is 9.80 Å². The average Bonchev–Trinajstić information content (AvgIpc) is 3.39. The molecule has 0 spiro atoms. The highest BCUT2D eigenvalue weighted by Crippen LogP contribution is 2.30. The number of benzene rings is 1. The lowest BCUT2D eigenvalue weighted by Crippen LogP contribution is -2.33. The van der Waals surface area contributed by atoms with Crippen LogP contribution in [0.5, 0.6) is 0 Å². The normalized spacial score (nSPS) is 14.4. The first kappa shape index (κ1) is 25.9. The lowest BCUT2D eigenvalue weighted by molar-refractivity contribution is 0.0310. The third kappa shape index (κ3) is 5.97. The summed E-state index contributed by atoms with van der Waals surface area (Å²) in [5.41, 5.74) is 2.20. The number of nitrogens with zero attached hydrogens (tertiary/aromatic N) is 5. The van der Waals surface area contributed by atoms with Gasteiger partial charge in [-0.3, -0.25) is 4.79 Å². The summed E-state index contributed by atoms with van der Waals surface area (Å²) in [7, 11) is 3.49.